The molecule has 2 rings (SSSR count). The molecule has 1 aliphatic rings. The van der Waals surface area contributed by atoms with Crippen LogP contribution in [0.25, 0.3) is 0 Å². The molecule has 0 aromatic carbocycles. The molecule has 1 aliphatic heterocycles. The monoisotopic (exact) mass is 298 g/mol. The molecule has 0 radical (unpaired) electrons. The van der Waals surface area contributed by atoms with E-state index >= 15 is 0 Å². The van der Waals surface area contributed by atoms with Crippen LogP contribution in [0.15, 0.2) is 6.33 Å². The fraction of sp³-hybridized carbons (Fsp3) is 0.667. The van der Waals surface area contributed by atoms with Crippen molar-refractivity contribution < 1.29 is 19.6 Å². The van der Waals surface area contributed by atoms with Crippen LogP contribution in [0.4, 0.5) is 11.6 Å². The zero-order chi connectivity index (χ0) is 15.4. The second-order valence-corrected chi connectivity index (χ2v) is 4.96. The Morgan fingerprint density at radius 1 is 1.57 bits per heavy atom. The molecule has 1 aromatic heterocycles. The third-order valence-corrected chi connectivity index (χ3v) is 3.47. The SMILES string of the molecule is Cn1cnc([N+](=O)[O-])c1N1CCC(OCCC(=O)O)CC1. The van der Waals surface area contributed by atoms with E-state index in [1.54, 1.807) is 11.6 Å². The Kier molecular flexibility index (Phi) is 4.73. The summed E-state index contributed by atoms with van der Waals surface area (Å²) in [5.74, 6) is -0.510. The van der Waals surface area contributed by atoms with Gasteiger partial charge in [0, 0.05) is 20.1 Å². The third kappa shape index (κ3) is 3.69. The first-order valence-electron chi connectivity index (χ1n) is 6.73. The summed E-state index contributed by atoms with van der Waals surface area (Å²) in [5.41, 5.74) is 0. The predicted octanol–water partition coefficient (Wildman–Crippen LogP) is 0.788. The zero-order valence-corrected chi connectivity index (χ0v) is 11.8. The average molecular weight is 298 g/mol. The van der Waals surface area contributed by atoms with Gasteiger partial charge in [-0.15, -0.1) is 0 Å². The minimum absolute atomic E-state index is 0.00653. The van der Waals surface area contributed by atoms with Crippen molar-refractivity contribution in [3.63, 3.8) is 0 Å². The summed E-state index contributed by atoms with van der Waals surface area (Å²) in [6.07, 6.45) is 2.85. The molecule has 1 saturated heterocycles. The first-order valence-corrected chi connectivity index (χ1v) is 6.73. The van der Waals surface area contributed by atoms with Gasteiger partial charge in [0.2, 0.25) is 12.1 Å². The summed E-state index contributed by atoms with van der Waals surface area (Å²) in [5, 5.41) is 19.5. The minimum Gasteiger partial charge on any atom is -0.481 e. The number of nitro groups is 1. The maximum Gasteiger partial charge on any atom is 0.406 e. The molecule has 0 saturated carbocycles. The Hall–Kier alpha value is -2.16. The maximum atomic E-state index is 11.0. The highest BCUT2D eigenvalue weighted by molar-refractivity contribution is 5.66. The van der Waals surface area contributed by atoms with Crippen LogP contribution >= 0.6 is 0 Å². The van der Waals surface area contributed by atoms with E-state index in [1.165, 1.54) is 6.33 Å². The molecule has 0 aliphatic carbocycles. The van der Waals surface area contributed by atoms with Crippen molar-refractivity contribution in [2.45, 2.75) is 25.4 Å². The van der Waals surface area contributed by atoms with Crippen LogP contribution in [-0.2, 0) is 16.6 Å². The summed E-state index contributed by atoms with van der Waals surface area (Å²) in [6, 6.07) is 0. The fourth-order valence-electron chi connectivity index (χ4n) is 2.45. The van der Waals surface area contributed by atoms with Crippen molar-refractivity contribution in [2.24, 2.45) is 7.05 Å². The number of rotatable bonds is 6. The number of carboxylic acids is 1. The van der Waals surface area contributed by atoms with Gasteiger partial charge in [0.15, 0.2) is 0 Å². The van der Waals surface area contributed by atoms with E-state index in [2.05, 4.69) is 4.98 Å². The van der Waals surface area contributed by atoms with Crippen LogP contribution in [-0.4, -0.2) is 51.4 Å². The zero-order valence-electron chi connectivity index (χ0n) is 11.8. The number of piperidine rings is 1. The van der Waals surface area contributed by atoms with Crippen molar-refractivity contribution in [1.29, 1.82) is 0 Å². The Labute approximate surface area is 121 Å². The van der Waals surface area contributed by atoms with Crippen molar-refractivity contribution in [3.8, 4) is 0 Å². The highest BCUT2D eigenvalue weighted by atomic mass is 16.6. The largest absolute Gasteiger partial charge is 0.481 e. The molecular weight excluding hydrogens is 280 g/mol. The van der Waals surface area contributed by atoms with Crippen molar-refractivity contribution >= 4 is 17.6 Å². The fourth-order valence-corrected chi connectivity index (χ4v) is 2.45. The van der Waals surface area contributed by atoms with Gasteiger partial charge < -0.3 is 24.9 Å². The van der Waals surface area contributed by atoms with E-state index in [9.17, 15) is 14.9 Å². The van der Waals surface area contributed by atoms with Crippen molar-refractivity contribution in [3.05, 3.63) is 16.4 Å². The molecular formula is C12H18N4O5. The van der Waals surface area contributed by atoms with E-state index in [0.29, 0.717) is 31.7 Å². The summed E-state index contributed by atoms with van der Waals surface area (Å²) in [6.45, 7) is 1.45. The lowest BCUT2D eigenvalue weighted by atomic mass is 10.1. The Morgan fingerprint density at radius 3 is 2.81 bits per heavy atom. The number of hydrogen-bond donors (Lipinski definition) is 1. The van der Waals surface area contributed by atoms with Crippen LogP contribution in [0.3, 0.4) is 0 Å². The van der Waals surface area contributed by atoms with Gasteiger partial charge in [-0.2, -0.15) is 0 Å². The molecule has 1 aromatic rings. The molecule has 1 fully saturated rings. The normalized spacial score (nSPS) is 16.1. The van der Waals surface area contributed by atoms with E-state index < -0.39 is 10.9 Å². The van der Waals surface area contributed by atoms with Gasteiger partial charge in [-0.3, -0.25) is 9.36 Å². The number of hydrogen-bond acceptors (Lipinski definition) is 6. The maximum absolute atomic E-state index is 11.0. The number of aliphatic carboxylic acids is 1. The Balaban J connectivity index is 1.91. The van der Waals surface area contributed by atoms with E-state index in [0.717, 1.165) is 0 Å². The molecule has 9 nitrogen and oxygen atoms in total. The average Bonchev–Trinajstić information content (AvgIpc) is 2.81. The molecule has 0 unspecified atom stereocenters. The second kappa shape index (κ2) is 6.53. The molecule has 0 atom stereocenters. The smallest absolute Gasteiger partial charge is 0.406 e. The summed E-state index contributed by atoms with van der Waals surface area (Å²) in [7, 11) is 1.73. The molecule has 9 heteroatoms. The number of ether oxygens (including phenoxy) is 1. The summed E-state index contributed by atoms with van der Waals surface area (Å²) < 4.78 is 7.15. The first kappa shape index (κ1) is 15.2. The van der Waals surface area contributed by atoms with Gasteiger partial charge in [-0.25, -0.2) is 0 Å². The van der Waals surface area contributed by atoms with E-state index in [4.69, 9.17) is 9.84 Å². The van der Waals surface area contributed by atoms with E-state index in [1.807, 2.05) is 4.90 Å². The first-order chi connectivity index (χ1) is 9.99. The number of anilines is 1. The molecule has 0 bridgehead atoms. The van der Waals surface area contributed by atoms with Gasteiger partial charge in [-0.1, -0.05) is 0 Å². The van der Waals surface area contributed by atoms with Crippen LogP contribution in [0.1, 0.15) is 19.3 Å². The van der Waals surface area contributed by atoms with Gasteiger partial charge in [0.25, 0.3) is 0 Å². The molecule has 116 valence electrons. The van der Waals surface area contributed by atoms with Crippen molar-refractivity contribution in [1.82, 2.24) is 9.55 Å². The lowest BCUT2D eigenvalue weighted by Gasteiger charge is -2.32. The number of aryl methyl sites for hydroxylation is 1. The Morgan fingerprint density at radius 2 is 2.24 bits per heavy atom. The summed E-state index contributed by atoms with van der Waals surface area (Å²) >= 11 is 0. The number of carboxylic acid groups (broad SMARTS) is 1. The quantitative estimate of drug-likeness (QED) is 0.610. The number of carbonyl (C=O) groups is 1. The van der Waals surface area contributed by atoms with Crippen LogP contribution < -0.4 is 4.90 Å². The van der Waals surface area contributed by atoms with Gasteiger partial charge >= 0.3 is 11.8 Å². The lowest BCUT2D eigenvalue weighted by molar-refractivity contribution is -0.388. The number of aromatic nitrogens is 2. The molecule has 1 N–H and O–H groups in total. The lowest BCUT2D eigenvalue weighted by Crippen LogP contribution is -2.38. The molecule has 0 amide bonds. The van der Waals surface area contributed by atoms with Crippen LogP contribution in [0, 0.1) is 10.1 Å². The predicted molar refractivity (Wildman–Crippen MR) is 73.3 cm³/mol. The van der Waals surface area contributed by atoms with Gasteiger partial charge in [0.05, 0.1) is 19.1 Å². The van der Waals surface area contributed by atoms with Gasteiger partial charge in [0.1, 0.15) is 0 Å². The minimum atomic E-state index is -0.877. The second-order valence-electron chi connectivity index (χ2n) is 4.96. The Bertz CT molecular complexity index is 522. The molecule has 0 spiro atoms. The molecule has 21 heavy (non-hydrogen) atoms. The van der Waals surface area contributed by atoms with E-state index in [-0.39, 0.29) is 24.9 Å². The highest BCUT2D eigenvalue weighted by Gasteiger charge is 2.29. The standard InChI is InChI=1S/C12H18N4O5/c1-14-8-13-11(16(19)20)12(14)15-5-2-9(3-6-15)21-7-4-10(17)18/h8-9H,2-7H2,1H3,(H,17,18). The van der Waals surface area contributed by atoms with Crippen molar-refractivity contribution in [2.75, 3.05) is 24.6 Å². The summed E-state index contributed by atoms with van der Waals surface area (Å²) in [4.78, 5) is 26.6. The highest BCUT2D eigenvalue weighted by Crippen LogP contribution is 2.28. The topological polar surface area (TPSA) is 111 Å². The number of imidazole rings is 1. The third-order valence-electron chi connectivity index (χ3n) is 3.47. The number of nitrogens with zero attached hydrogens (tertiary/aromatic N) is 4. The molecule has 2 heterocycles. The van der Waals surface area contributed by atoms with Crippen LogP contribution in [0.2, 0.25) is 0 Å². The van der Waals surface area contributed by atoms with Gasteiger partial charge in [-0.05, 0) is 22.7 Å². The van der Waals surface area contributed by atoms with Crippen LogP contribution in [0.5, 0.6) is 0 Å².